The van der Waals surface area contributed by atoms with Gasteiger partial charge in [0.2, 0.25) is 0 Å². The number of methoxy groups -OCH3 is 1. The van der Waals surface area contributed by atoms with E-state index in [4.69, 9.17) is 4.74 Å². The first-order valence-electron chi connectivity index (χ1n) is 7.62. The second-order valence-electron chi connectivity index (χ2n) is 5.39. The molecular weight excluding hydrogens is 285 g/mol. The molecule has 0 bridgehead atoms. The van der Waals surface area contributed by atoms with Crippen molar-refractivity contribution in [1.29, 1.82) is 0 Å². The Morgan fingerprint density at radius 3 is 2.41 bits per heavy atom. The van der Waals surface area contributed by atoms with Crippen molar-refractivity contribution < 1.29 is 18.7 Å². The van der Waals surface area contributed by atoms with E-state index in [1.165, 1.54) is 31.4 Å². The highest BCUT2D eigenvalue weighted by molar-refractivity contribution is 5.94. The maximum Gasteiger partial charge on any atom is 0.310 e. The molecule has 0 aliphatic rings. The van der Waals surface area contributed by atoms with E-state index >= 15 is 0 Å². The molecule has 0 N–H and O–H groups in total. The first kappa shape index (κ1) is 18.1. The molecule has 0 saturated carbocycles. The molecule has 4 nitrogen and oxygen atoms in total. The number of carbonyl (C=O) groups excluding carboxylic acids is 2. The van der Waals surface area contributed by atoms with Crippen LogP contribution in [0.25, 0.3) is 0 Å². The molecule has 1 unspecified atom stereocenters. The molecule has 1 atom stereocenters. The zero-order valence-corrected chi connectivity index (χ0v) is 13.5. The van der Waals surface area contributed by atoms with Crippen LogP contribution in [0.5, 0.6) is 0 Å². The molecule has 1 aromatic rings. The molecule has 1 aromatic carbocycles. The molecule has 0 radical (unpaired) electrons. The zero-order valence-electron chi connectivity index (χ0n) is 13.5. The summed E-state index contributed by atoms with van der Waals surface area (Å²) < 4.78 is 17.7. The number of unbranched alkanes of at least 4 members (excludes halogenated alkanes) is 2. The fourth-order valence-electron chi connectivity index (χ4n) is 2.21. The standard InChI is InChI=1S/C17H24FNO3/c1-4-5-6-11-19(12-13(2)17(21)22-3)16(20)14-7-9-15(18)10-8-14/h7-10,13H,4-6,11-12H2,1-3H3. The topological polar surface area (TPSA) is 46.6 Å². The van der Waals surface area contributed by atoms with Crippen molar-refractivity contribution in [2.75, 3.05) is 20.2 Å². The largest absolute Gasteiger partial charge is 0.469 e. The lowest BCUT2D eigenvalue weighted by Gasteiger charge is -2.25. The predicted molar refractivity (Wildman–Crippen MR) is 83.0 cm³/mol. The Balaban J connectivity index is 2.81. The van der Waals surface area contributed by atoms with Crippen LogP contribution in [0.2, 0.25) is 0 Å². The molecule has 0 spiro atoms. The van der Waals surface area contributed by atoms with Crippen molar-refractivity contribution in [3.05, 3.63) is 35.6 Å². The lowest BCUT2D eigenvalue weighted by Crippen LogP contribution is -2.38. The molecule has 1 rings (SSSR count). The van der Waals surface area contributed by atoms with Crippen LogP contribution >= 0.6 is 0 Å². The Kier molecular flexibility index (Phi) is 7.57. The number of nitrogens with zero attached hydrogens (tertiary/aromatic N) is 1. The van der Waals surface area contributed by atoms with Crippen molar-refractivity contribution in [2.24, 2.45) is 5.92 Å². The average Bonchev–Trinajstić information content (AvgIpc) is 2.53. The zero-order chi connectivity index (χ0) is 16.5. The van der Waals surface area contributed by atoms with Gasteiger partial charge in [0.25, 0.3) is 5.91 Å². The number of benzene rings is 1. The highest BCUT2D eigenvalue weighted by Gasteiger charge is 2.22. The van der Waals surface area contributed by atoms with Crippen molar-refractivity contribution in [3.63, 3.8) is 0 Å². The van der Waals surface area contributed by atoms with Gasteiger partial charge in [0.15, 0.2) is 0 Å². The van der Waals surface area contributed by atoms with Crippen LogP contribution in [0, 0.1) is 11.7 Å². The van der Waals surface area contributed by atoms with Crippen LogP contribution in [0.3, 0.4) is 0 Å². The fourth-order valence-corrected chi connectivity index (χ4v) is 2.21. The normalized spacial score (nSPS) is 11.8. The SMILES string of the molecule is CCCCCN(CC(C)C(=O)OC)C(=O)c1ccc(F)cc1. The number of carbonyl (C=O) groups is 2. The minimum Gasteiger partial charge on any atom is -0.469 e. The van der Waals surface area contributed by atoms with E-state index in [2.05, 4.69) is 6.92 Å². The van der Waals surface area contributed by atoms with Gasteiger partial charge in [-0.2, -0.15) is 0 Å². The average molecular weight is 309 g/mol. The Morgan fingerprint density at radius 2 is 1.86 bits per heavy atom. The number of esters is 1. The van der Waals surface area contributed by atoms with Gasteiger partial charge in [-0.1, -0.05) is 26.7 Å². The molecule has 5 heteroatoms. The predicted octanol–water partition coefficient (Wildman–Crippen LogP) is 3.27. The molecule has 122 valence electrons. The maximum atomic E-state index is 13.0. The Morgan fingerprint density at radius 1 is 1.23 bits per heavy atom. The summed E-state index contributed by atoms with van der Waals surface area (Å²) in [6, 6.07) is 5.46. The molecule has 0 saturated heterocycles. The van der Waals surface area contributed by atoms with Gasteiger partial charge in [-0.3, -0.25) is 9.59 Å². The van der Waals surface area contributed by atoms with Crippen molar-refractivity contribution in [2.45, 2.75) is 33.1 Å². The number of halogens is 1. The van der Waals surface area contributed by atoms with Gasteiger partial charge >= 0.3 is 5.97 Å². The summed E-state index contributed by atoms with van der Waals surface area (Å²) in [6.07, 6.45) is 2.93. The van der Waals surface area contributed by atoms with E-state index in [1.54, 1.807) is 11.8 Å². The van der Waals surface area contributed by atoms with Crippen LogP contribution in [0.1, 0.15) is 43.5 Å². The summed E-state index contributed by atoms with van der Waals surface area (Å²) >= 11 is 0. The van der Waals surface area contributed by atoms with Crippen molar-refractivity contribution in [3.8, 4) is 0 Å². The van der Waals surface area contributed by atoms with E-state index in [0.717, 1.165) is 19.3 Å². The van der Waals surface area contributed by atoms with Crippen molar-refractivity contribution in [1.82, 2.24) is 4.90 Å². The molecule has 0 aliphatic heterocycles. The Labute approximate surface area is 131 Å². The van der Waals surface area contributed by atoms with Gasteiger partial charge in [-0.05, 0) is 30.7 Å². The first-order chi connectivity index (χ1) is 10.5. The molecule has 0 fully saturated rings. The van der Waals surface area contributed by atoms with Crippen LogP contribution < -0.4 is 0 Å². The molecule has 22 heavy (non-hydrogen) atoms. The fraction of sp³-hybridized carbons (Fsp3) is 0.529. The summed E-state index contributed by atoms with van der Waals surface area (Å²) in [5.74, 6) is -1.30. The van der Waals surface area contributed by atoms with Crippen molar-refractivity contribution >= 4 is 11.9 Å². The Hall–Kier alpha value is -1.91. The minimum atomic E-state index is -0.393. The quantitative estimate of drug-likeness (QED) is 0.547. The Bertz CT molecular complexity index is 487. The first-order valence-corrected chi connectivity index (χ1v) is 7.62. The van der Waals surface area contributed by atoms with E-state index in [0.29, 0.717) is 18.7 Å². The number of ether oxygens (including phenoxy) is 1. The number of rotatable bonds is 8. The smallest absolute Gasteiger partial charge is 0.310 e. The lowest BCUT2D eigenvalue weighted by molar-refractivity contribution is -0.145. The number of hydrogen-bond acceptors (Lipinski definition) is 3. The van der Waals surface area contributed by atoms with E-state index in [1.807, 2.05) is 0 Å². The minimum absolute atomic E-state index is 0.188. The highest BCUT2D eigenvalue weighted by atomic mass is 19.1. The third-order valence-electron chi connectivity index (χ3n) is 3.51. The van der Waals surface area contributed by atoms with Gasteiger partial charge < -0.3 is 9.64 Å². The third-order valence-corrected chi connectivity index (χ3v) is 3.51. The second-order valence-corrected chi connectivity index (χ2v) is 5.39. The van der Waals surface area contributed by atoms with E-state index in [9.17, 15) is 14.0 Å². The van der Waals surface area contributed by atoms with Crippen LogP contribution in [0.4, 0.5) is 4.39 Å². The van der Waals surface area contributed by atoms with Gasteiger partial charge in [-0.25, -0.2) is 4.39 Å². The second kappa shape index (κ2) is 9.18. The molecular formula is C17H24FNO3. The molecule has 1 amide bonds. The molecule has 0 heterocycles. The highest BCUT2D eigenvalue weighted by Crippen LogP contribution is 2.12. The monoisotopic (exact) mass is 309 g/mol. The molecule has 0 aromatic heterocycles. The van der Waals surface area contributed by atoms with E-state index in [-0.39, 0.29) is 17.7 Å². The number of amides is 1. The van der Waals surface area contributed by atoms with Gasteiger partial charge in [0, 0.05) is 18.7 Å². The van der Waals surface area contributed by atoms with Gasteiger partial charge in [0.1, 0.15) is 5.82 Å². The van der Waals surface area contributed by atoms with Gasteiger partial charge in [0.05, 0.1) is 13.0 Å². The van der Waals surface area contributed by atoms with Crippen LogP contribution in [-0.2, 0) is 9.53 Å². The number of hydrogen-bond donors (Lipinski definition) is 0. The summed E-state index contributed by atoms with van der Waals surface area (Å²) in [5, 5.41) is 0. The maximum absolute atomic E-state index is 13.0. The van der Waals surface area contributed by atoms with Crippen LogP contribution in [-0.4, -0.2) is 37.0 Å². The summed E-state index contributed by atoms with van der Waals surface area (Å²) in [7, 11) is 1.34. The summed E-state index contributed by atoms with van der Waals surface area (Å²) in [5.41, 5.74) is 0.426. The summed E-state index contributed by atoms with van der Waals surface area (Å²) in [4.78, 5) is 25.8. The third kappa shape index (κ3) is 5.47. The summed E-state index contributed by atoms with van der Waals surface area (Å²) in [6.45, 7) is 4.69. The van der Waals surface area contributed by atoms with E-state index < -0.39 is 5.92 Å². The molecule has 0 aliphatic carbocycles. The van der Waals surface area contributed by atoms with Gasteiger partial charge in [-0.15, -0.1) is 0 Å². The lowest BCUT2D eigenvalue weighted by atomic mass is 10.1. The van der Waals surface area contributed by atoms with Crippen LogP contribution in [0.15, 0.2) is 24.3 Å².